The lowest BCUT2D eigenvalue weighted by Gasteiger charge is -2.06. The summed E-state index contributed by atoms with van der Waals surface area (Å²) in [4.78, 5) is -0.548. The predicted octanol–water partition coefficient (Wildman–Crippen LogP) is 0.455. The Morgan fingerprint density at radius 3 is 2.82 bits per heavy atom. The summed E-state index contributed by atoms with van der Waals surface area (Å²) in [6.07, 6.45) is 0. The molecule has 0 saturated heterocycles. The van der Waals surface area contributed by atoms with Crippen molar-refractivity contribution in [3.63, 3.8) is 0 Å². The summed E-state index contributed by atoms with van der Waals surface area (Å²) in [6.45, 7) is 0. The minimum Gasteiger partial charge on any atom is -0.399 e. The van der Waals surface area contributed by atoms with Crippen LogP contribution in [-0.4, -0.2) is 23.2 Å². The Balaban J connectivity index is 2.41. The van der Waals surface area contributed by atoms with Crippen molar-refractivity contribution in [2.45, 2.75) is 4.90 Å². The van der Waals surface area contributed by atoms with E-state index in [0.29, 0.717) is 0 Å². The lowest BCUT2D eigenvalue weighted by molar-refractivity contribution is 0.570. The number of nitrogens with one attached hydrogen (secondary N) is 1. The first kappa shape index (κ1) is 11.7. The largest absolute Gasteiger partial charge is 0.399 e. The molecule has 0 bridgehead atoms. The average molecular weight is 275 g/mol. The molecule has 2 rings (SSSR count). The number of nitrogens with two attached hydrogens (primary N) is 1. The van der Waals surface area contributed by atoms with Crippen LogP contribution in [0.2, 0.25) is 0 Å². The number of sulfonamides is 1. The zero-order chi connectivity index (χ0) is 12.5. The second-order valence-corrected chi connectivity index (χ2v) is 5.35. The topological polar surface area (TPSA) is 111 Å². The molecular formula is C7H6FN5O2S2. The van der Waals surface area contributed by atoms with Crippen LogP contribution in [0.25, 0.3) is 0 Å². The maximum Gasteiger partial charge on any atom is 0.266 e. The van der Waals surface area contributed by atoms with Gasteiger partial charge in [-0.3, -0.25) is 4.72 Å². The van der Waals surface area contributed by atoms with Gasteiger partial charge >= 0.3 is 0 Å². The summed E-state index contributed by atoms with van der Waals surface area (Å²) < 4.78 is 42.3. The summed E-state index contributed by atoms with van der Waals surface area (Å²) >= 11 is 0.738. The second-order valence-electron chi connectivity index (χ2n) is 2.96. The van der Waals surface area contributed by atoms with Crippen LogP contribution in [0.5, 0.6) is 0 Å². The lowest BCUT2D eigenvalue weighted by atomic mass is 10.3. The third-order valence-electron chi connectivity index (χ3n) is 1.77. The summed E-state index contributed by atoms with van der Waals surface area (Å²) in [5.74, 6) is -0.899. The fourth-order valence-corrected chi connectivity index (χ4v) is 2.77. The Morgan fingerprint density at radius 2 is 2.18 bits per heavy atom. The standard InChI is InChI=1S/C7H6FN5O2S2/c8-5-2-1-4(9)3-6(5)17(14,15)11-7-10-12-13-16-7/h1-3H,9H2,(H,10,11,13). The monoisotopic (exact) mass is 275 g/mol. The summed E-state index contributed by atoms with van der Waals surface area (Å²) in [5.41, 5.74) is 5.54. The maximum atomic E-state index is 13.4. The number of rotatable bonds is 3. The van der Waals surface area contributed by atoms with Gasteiger partial charge in [0.2, 0.25) is 5.13 Å². The van der Waals surface area contributed by atoms with Crippen molar-refractivity contribution in [1.29, 1.82) is 0 Å². The molecule has 0 unspecified atom stereocenters. The van der Waals surface area contributed by atoms with Gasteiger partial charge < -0.3 is 5.73 Å². The molecule has 0 spiro atoms. The highest BCUT2D eigenvalue weighted by Gasteiger charge is 2.20. The van der Waals surface area contributed by atoms with E-state index in [2.05, 4.69) is 14.8 Å². The zero-order valence-corrected chi connectivity index (χ0v) is 9.79. The molecule has 3 N–H and O–H groups in total. The molecule has 2 aromatic rings. The quantitative estimate of drug-likeness (QED) is 0.787. The molecule has 90 valence electrons. The van der Waals surface area contributed by atoms with Crippen molar-refractivity contribution in [1.82, 2.24) is 14.8 Å². The number of anilines is 2. The number of nitrogens with zero attached hydrogens (tertiary/aromatic N) is 3. The smallest absolute Gasteiger partial charge is 0.266 e. The van der Waals surface area contributed by atoms with Crippen molar-refractivity contribution in [3.8, 4) is 0 Å². The summed E-state index contributed by atoms with van der Waals surface area (Å²) in [7, 11) is -4.07. The van der Waals surface area contributed by atoms with Crippen LogP contribution in [-0.2, 0) is 10.0 Å². The first-order valence-corrected chi connectivity index (χ1v) is 6.47. The molecule has 0 aliphatic rings. The number of aromatic nitrogens is 3. The van der Waals surface area contributed by atoms with E-state index in [1.54, 1.807) is 0 Å². The third kappa shape index (κ3) is 2.47. The maximum absolute atomic E-state index is 13.4. The minimum atomic E-state index is -4.07. The van der Waals surface area contributed by atoms with E-state index in [9.17, 15) is 12.8 Å². The first-order valence-electron chi connectivity index (χ1n) is 4.22. The number of halogens is 1. The van der Waals surface area contributed by atoms with E-state index in [-0.39, 0.29) is 10.8 Å². The van der Waals surface area contributed by atoms with Crippen molar-refractivity contribution in [2.24, 2.45) is 0 Å². The van der Waals surface area contributed by atoms with Gasteiger partial charge in [-0.2, -0.15) is 0 Å². The average Bonchev–Trinajstić information content (AvgIpc) is 2.73. The van der Waals surface area contributed by atoms with Gasteiger partial charge in [0.15, 0.2) is 0 Å². The number of hydrogen-bond donors (Lipinski definition) is 2. The van der Waals surface area contributed by atoms with Gasteiger partial charge in [0, 0.05) is 17.2 Å². The molecule has 17 heavy (non-hydrogen) atoms. The molecule has 0 aliphatic carbocycles. The molecule has 0 amide bonds. The van der Waals surface area contributed by atoms with E-state index in [0.717, 1.165) is 23.7 Å². The van der Waals surface area contributed by atoms with Gasteiger partial charge in [-0.25, -0.2) is 12.8 Å². The van der Waals surface area contributed by atoms with Crippen LogP contribution >= 0.6 is 11.5 Å². The van der Waals surface area contributed by atoms with Crippen molar-refractivity contribution < 1.29 is 12.8 Å². The van der Waals surface area contributed by atoms with E-state index in [4.69, 9.17) is 5.73 Å². The molecule has 1 aromatic carbocycles. The molecule has 7 nitrogen and oxygen atoms in total. The Hall–Kier alpha value is -1.81. The molecule has 1 heterocycles. The van der Waals surface area contributed by atoms with E-state index < -0.39 is 20.7 Å². The number of benzene rings is 1. The highest BCUT2D eigenvalue weighted by molar-refractivity contribution is 7.93. The molecule has 0 saturated carbocycles. The lowest BCUT2D eigenvalue weighted by Crippen LogP contribution is -2.14. The van der Waals surface area contributed by atoms with Crippen LogP contribution in [0.1, 0.15) is 0 Å². The highest BCUT2D eigenvalue weighted by atomic mass is 32.2. The van der Waals surface area contributed by atoms with Gasteiger partial charge in [0.05, 0.1) is 0 Å². The third-order valence-corrected chi connectivity index (χ3v) is 3.76. The molecule has 0 aliphatic heterocycles. The van der Waals surface area contributed by atoms with Crippen LogP contribution in [0.15, 0.2) is 23.1 Å². The van der Waals surface area contributed by atoms with Gasteiger partial charge in [0.25, 0.3) is 10.0 Å². The zero-order valence-electron chi connectivity index (χ0n) is 8.16. The SMILES string of the molecule is Nc1ccc(F)c(S(=O)(=O)Nc2nnns2)c1. The van der Waals surface area contributed by atoms with Gasteiger partial charge in [-0.15, -0.1) is 0 Å². The van der Waals surface area contributed by atoms with Crippen molar-refractivity contribution in [2.75, 3.05) is 10.5 Å². The molecular weight excluding hydrogens is 269 g/mol. The number of hydrogen-bond acceptors (Lipinski definition) is 7. The van der Waals surface area contributed by atoms with Gasteiger partial charge in [0.1, 0.15) is 10.7 Å². The molecule has 0 radical (unpaired) electrons. The predicted molar refractivity (Wildman–Crippen MR) is 59.3 cm³/mol. The van der Waals surface area contributed by atoms with Gasteiger partial charge in [-0.1, -0.05) is 9.59 Å². The Kier molecular flexibility index (Phi) is 2.90. The van der Waals surface area contributed by atoms with E-state index >= 15 is 0 Å². The van der Waals surface area contributed by atoms with E-state index in [1.165, 1.54) is 6.07 Å². The van der Waals surface area contributed by atoms with Crippen LogP contribution in [0.3, 0.4) is 0 Å². The fourth-order valence-electron chi connectivity index (χ4n) is 1.07. The second kappa shape index (κ2) is 4.22. The Morgan fingerprint density at radius 1 is 1.41 bits per heavy atom. The van der Waals surface area contributed by atoms with Crippen LogP contribution in [0.4, 0.5) is 15.2 Å². The summed E-state index contributed by atoms with van der Waals surface area (Å²) in [6, 6.07) is 3.26. The van der Waals surface area contributed by atoms with Crippen molar-refractivity contribution >= 4 is 32.4 Å². The fraction of sp³-hybridized carbons (Fsp3) is 0. The molecule has 1 aromatic heterocycles. The normalized spacial score (nSPS) is 11.4. The Bertz CT molecular complexity index is 628. The number of nitrogen functional groups attached to an aromatic ring is 1. The Labute approximate surface area is 99.7 Å². The highest BCUT2D eigenvalue weighted by Crippen LogP contribution is 2.20. The molecule has 10 heteroatoms. The van der Waals surface area contributed by atoms with Gasteiger partial charge in [-0.05, 0) is 23.4 Å². The van der Waals surface area contributed by atoms with Crippen LogP contribution < -0.4 is 10.5 Å². The molecule has 0 atom stereocenters. The molecule has 0 fully saturated rings. The first-order chi connectivity index (χ1) is 7.99. The summed E-state index contributed by atoms with van der Waals surface area (Å²) in [5, 5.41) is 6.56. The van der Waals surface area contributed by atoms with E-state index in [1.807, 2.05) is 4.72 Å². The van der Waals surface area contributed by atoms with Crippen molar-refractivity contribution in [3.05, 3.63) is 24.0 Å². The van der Waals surface area contributed by atoms with Crippen LogP contribution in [0, 0.1) is 5.82 Å². The minimum absolute atomic E-state index is 0.0492.